The van der Waals surface area contributed by atoms with Gasteiger partial charge in [0.15, 0.2) is 0 Å². The van der Waals surface area contributed by atoms with Crippen molar-refractivity contribution in [2.24, 2.45) is 11.7 Å². The fraction of sp³-hybridized carbons (Fsp3) is 0.571. The molecule has 4 atom stereocenters. The van der Waals surface area contributed by atoms with E-state index >= 15 is 0 Å². The van der Waals surface area contributed by atoms with Gasteiger partial charge in [0, 0.05) is 43.7 Å². The molecule has 4 unspecified atom stereocenters. The molecule has 3 aliphatic heterocycles. The Bertz CT molecular complexity index is 854. The lowest BCUT2D eigenvalue weighted by Gasteiger charge is -2.29. The van der Waals surface area contributed by atoms with Crippen molar-refractivity contribution in [1.82, 2.24) is 15.1 Å². The van der Waals surface area contributed by atoms with E-state index in [-0.39, 0.29) is 24.1 Å². The first-order valence-electron chi connectivity index (χ1n) is 10.2. The van der Waals surface area contributed by atoms with Crippen LogP contribution in [0.15, 0.2) is 18.2 Å². The molecule has 2 bridgehead atoms. The number of nitrogens with zero attached hydrogens (tertiary/aromatic N) is 2. The molecule has 1 aliphatic carbocycles. The third-order valence-electron chi connectivity index (χ3n) is 6.84. The van der Waals surface area contributed by atoms with Gasteiger partial charge in [-0.3, -0.25) is 24.6 Å². The van der Waals surface area contributed by atoms with Crippen LogP contribution in [0, 0.1) is 5.92 Å². The number of imide groups is 1. The molecule has 2 saturated heterocycles. The van der Waals surface area contributed by atoms with Gasteiger partial charge in [-0.2, -0.15) is 0 Å². The molecule has 4 aliphatic rings. The van der Waals surface area contributed by atoms with E-state index in [4.69, 9.17) is 5.73 Å². The van der Waals surface area contributed by atoms with Crippen LogP contribution in [0.4, 0.5) is 0 Å². The number of nitrogens with two attached hydrogens (primary N) is 1. The van der Waals surface area contributed by atoms with E-state index in [2.05, 4.69) is 10.2 Å². The minimum absolute atomic E-state index is 0.0843. The lowest BCUT2D eigenvalue weighted by molar-refractivity contribution is -0.136. The zero-order valence-electron chi connectivity index (χ0n) is 15.9. The second kappa shape index (κ2) is 6.67. The SMILES string of the molecule is NC1CC2CC(C1)N(Cc1cccc3c1C(=O)N(C1CCC(=O)NC1=O)C3)C2. The highest BCUT2D eigenvalue weighted by Crippen LogP contribution is 2.37. The molecular weight excluding hydrogens is 356 g/mol. The van der Waals surface area contributed by atoms with Crippen molar-refractivity contribution < 1.29 is 14.4 Å². The first-order valence-corrected chi connectivity index (χ1v) is 10.2. The van der Waals surface area contributed by atoms with E-state index in [9.17, 15) is 14.4 Å². The van der Waals surface area contributed by atoms with Crippen LogP contribution in [-0.4, -0.2) is 52.2 Å². The molecular formula is C21H26N4O3. The number of hydrogen-bond acceptors (Lipinski definition) is 5. The van der Waals surface area contributed by atoms with Crippen LogP contribution in [0.5, 0.6) is 0 Å². The molecule has 3 amide bonds. The first kappa shape index (κ1) is 17.8. The standard InChI is InChI=1S/C21H26N4O3/c22-15-6-12-7-16(8-15)24(9-12)10-13-2-1-3-14-11-25(21(28)19(13)14)17-4-5-18(26)23-20(17)27/h1-3,12,15-17H,4-11,22H2,(H,23,26,27). The Kier molecular flexibility index (Phi) is 4.25. The molecule has 3 N–H and O–H groups in total. The highest BCUT2D eigenvalue weighted by molar-refractivity contribution is 6.05. The molecule has 0 spiro atoms. The summed E-state index contributed by atoms with van der Waals surface area (Å²) in [5.74, 6) is -0.0362. The lowest BCUT2D eigenvalue weighted by Crippen LogP contribution is -2.52. The number of nitrogens with one attached hydrogen (secondary N) is 1. The van der Waals surface area contributed by atoms with Gasteiger partial charge in [-0.1, -0.05) is 18.2 Å². The molecule has 0 radical (unpaired) electrons. The fourth-order valence-corrected chi connectivity index (χ4v) is 5.61. The number of amides is 3. The van der Waals surface area contributed by atoms with E-state index in [0.29, 0.717) is 31.0 Å². The minimum atomic E-state index is -0.561. The van der Waals surface area contributed by atoms with Gasteiger partial charge in [0.2, 0.25) is 11.8 Å². The van der Waals surface area contributed by atoms with Crippen LogP contribution < -0.4 is 11.1 Å². The maximum atomic E-state index is 13.2. The summed E-state index contributed by atoms with van der Waals surface area (Å²) in [6.45, 7) is 2.24. The predicted molar refractivity (Wildman–Crippen MR) is 102 cm³/mol. The highest BCUT2D eigenvalue weighted by Gasteiger charge is 2.42. The zero-order valence-corrected chi connectivity index (χ0v) is 15.9. The van der Waals surface area contributed by atoms with Crippen molar-refractivity contribution in [2.75, 3.05) is 6.54 Å². The van der Waals surface area contributed by atoms with E-state index in [1.807, 2.05) is 18.2 Å². The second-order valence-electron chi connectivity index (χ2n) is 8.77. The molecule has 7 heteroatoms. The topological polar surface area (TPSA) is 95.7 Å². The predicted octanol–water partition coefficient (Wildman–Crippen LogP) is 0.759. The molecule has 1 saturated carbocycles. The number of fused-ring (bicyclic) bond motifs is 3. The Hall–Kier alpha value is -2.25. The van der Waals surface area contributed by atoms with E-state index in [1.54, 1.807) is 4.90 Å². The summed E-state index contributed by atoms with van der Waals surface area (Å²) in [4.78, 5) is 41.0. The average molecular weight is 382 g/mol. The highest BCUT2D eigenvalue weighted by atomic mass is 16.2. The Morgan fingerprint density at radius 1 is 1.14 bits per heavy atom. The van der Waals surface area contributed by atoms with E-state index in [0.717, 1.165) is 42.6 Å². The van der Waals surface area contributed by atoms with E-state index in [1.165, 1.54) is 6.42 Å². The van der Waals surface area contributed by atoms with Crippen molar-refractivity contribution in [3.05, 3.63) is 34.9 Å². The summed E-state index contributed by atoms with van der Waals surface area (Å²) >= 11 is 0. The number of benzene rings is 1. The van der Waals surface area contributed by atoms with Crippen molar-refractivity contribution in [2.45, 2.75) is 63.3 Å². The van der Waals surface area contributed by atoms with Gasteiger partial charge < -0.3 is 10.6 Å². The van der Waals surface area contributed by atoms with E-state index < -0.39 is 6.04 Å². The van der Waals surface area contributed by atoms with Gasteiger partial charge in [0.1, 0.15) is 6.04 Å². The molecule has 1 aromatic rings. The Labute approximate surface area is 164 Å². The summed E-state index contributed by atoms with van der Waals surface area (Å²) in [7, 11) is 0. The Balaban J connectivity index is 1.37. The molecule has 5 rings (SSSR count). The van der Waals surface area contributed by atoms with Crippen LogP contribution in [0.25, 0.3) is 0 Å². The van der Waals surface area contributed by atoms with Crippen LogP contribution >= 0.6 is 0 Å². The van der Waals surface area contributed by atoms with Gasteiger partial charge in [0.25, 0.3) is 5.91 Å². The van der Waals surface area contributed by atoms with Crippen molar-refractivity contribution in [1.29, 1.82) is 0 Å². The number of rotatable bonds is 3. The Morgan fingerprint density at radius 3 is 2.82 bits per heavy atom. The number of carbonyl (C=O) groups is 3. The Morgan fingerprint density at radius 2 is 2.00 bits per heavy atom. The maximum absolute atomic E-state index is 13.2. The third-order valence-corrected chi connectivity index (χ3v) is 6.84. The fourth-order valence-electron chi connectivity index (χ4n) is 5.61. The quantitative estimate of drug-likeness (QED) is 0.753. The van der Waals surface area contributed by atoms with Crippen molar-refractivity contribution in [3.8, 4) is 0 Å². The van der Waals surface area contributed by atoms with Gasteiger partial charge in [0.05, 0.1) is 0 Å². The zero-order chi connectivity index (χ0) is 19.4. The summed E-state index contributed by atoms with van der Waals surface area (Å²) in [6, 6.07) is 6.25. The monoisotopic (exact) mass is 382 g/mol. The normalized spacial score (nSPS) is 32.6. The molecule has 7 nitrogen and oxygen atoms in total. The summed E-state index contributed by atoms with van der Waals surface area (Å²) < 4.78 is 0. The molecule has 3 fully saturated rings. The number of hydrogen-bond donors (Lipinski definition) is 2. The summed E-state index contributed by atoms with van der Waals surface area (Å²) in [5.41, 5.74) is 8.96. The molecule has 148 valence electrons. The van der Waals surface area contributed by atoms with Crippen LogP contribution in [0.1, 0.15) is 53.6 Å². The maximum Gasteiger partial charge on any atom is 0.255 e. The van der Waals surface area contributed by atoms with Crippen LogP contribution in [0.2, 0.25) is 0 Å². The van der Waals surface area contributed by atoms with Crippen molar-refractivity contribution >= 4 is 17.7 Å². The summed E-state index contributed by atoms with van der Waals surface area (Å²) in [5, 5.41) is 2.36. The number of piperidine rings is 1. The molecule has 28 heavy (non-hydrogen) atoms. The third kappa shape index (κ3) is 2.93. The average Bonchev–Trinajstić information content (AvgIpc) is 3.12. The smallest absolute Gasteiger partial charge is 0.255 e. The van der Waals surface area contributed by atoms with Crippen LogP contribution in [-0.2, 0) is 22.7 Å². The number of carbonyl (C=O) groups excluding carboxylic acids is 3. The summed E-state index contributed by atoms with van der Waals surface area (Å²) in [6.07, 6.45) is 4.01. The lowest BCUT2D eigenvalue weighted by atomic mass is 9.87. The van der Waals surface area contributed by atoms with Gasteiger partial charge >= 0.3 is 0 Å². The van der Waals surface area contributed by atoms with Crippen molar-refractivity contribution in [3.63, 3.8) is 0 Å². The van der Waals surface area contributed by atoms with Crippen LogP contribution in [0.3, 0.4) is 0 Å². The van der Waals surface area contributed by atoms with Gasteiger partial charge in [-0.15, -0.1) is 0 Å². The molecule has 0 aromatic heterocycles. The van der Waals surface area contributed by atoms with Gasteiger partial charge in [-0.05, 0) is 42.7 Å². The largest absolute Gasteiger partial charge is 0.328 e. The molecule has 3 heterocycles. The number of likely N-dealkylation sites (tertiary alicyclic amines) is 1. The minimum Gasteiger partial charge on any atom is -0.328 e. The van der Waals surface area contributed by atoms with Gasteiger partial charge in [-0.25, -0.2) is 0 Å². The first-order chi connectivity index (χ1) is 13.5. The molecule has 1 aromatic carbocycles. The second-order valence-corrected chi connectivity index (χ2v) is 8.77.